The van der Waals surface area contributed by atoms with Crippen LogP contribution < -0.4 is 5.32 Å². The highest BCUT2D eigenvalue weighted by Crippen LogP contribution is 2.30. The number of imidazole rings is 1. The van der Waals surface area contributed by atoms with Crippen molar-refractivity contribution in [2.24, 2.45) is 4.99 Å². The Morgan fingerprint density at radius 3 is 2.79 bits per heavy atom. The van der Waals surface area contributed by atoms with Crippen molar-refractivity contribution >= 4 is 39.5 Å². The van der Waals surface area contributed by atoms with Crippen molar-refractivity contribution in [3.63, 3.8) is 0 Å². The molecule has 216 valence electrons. The van der Waals surface area contributed by atoms with Gasteiger partial charge in [0.15, 0.2) is 17.1 Å². The summed E-state index contributed by atoms with van der Waals surface area (Å²) in [6.45, 7) is 7.88. The molecule has 4 aromatic rings. The Hall–Kier alpha value is -4.84. The Morgan fingerprint density at radius 1 is 1.17 bits per heavy atom. The summed E-state index contributed by atoms with van der Waals surface area (Å²) in [7, 11) is 4.07. The second kappa shape index (κ2) is 11.6. The summed E-state index contributed by atoms with van der Waals surface area (Å²) >= 11 is 0. The summed E-state index contributed by atoms with van der Waals surface area (Å²) in [6.07, 6.45) is 12.0. The van der Waals surface area contributed by atoms with E-state index in [0.717, 1.165) is 58.5 Å². The van der Waals surface area contributed by atoms with Gasteiger partial charge < -0.3 is 25.0 Å². The van der Waals surface area contributed by atoms with Crippen LogP contribution in [0, 0.1) is 0 Å². The second-order valence-corrected chi connectivity index (χ2v) is 10.6. The number of aromatic amines is 2. The summed E-state index contributed by atoms with van der Waals surface area (Å²) in [5.74, 6) is 0.603. The minimum atomic E-state index is -0.0780. The second-order valence-electron chi connectivity index (χ2n) is 10.6. The van der Waals surface area contributed by atoms with Crippen LogP contribution in [0.2, 0.25) is 0 Å². The first-order valence-corrected chi connectivity index (χ1v) is 14.2. The molecule has 0 unspecified atom stereocenters. The monoisotopic (exact) mass is 565 g/mol. The average molecular weight is 566 g/mol. The molecule has 6 heterocycles. The van der Waals surface area contributed by atoms with Gasteiger partial charge in [0.05, 0.1) is 11.1 Å². The number of allylic oxidation sites excluding steroid dienone is 2. The number of rotatable bonds is 6. The molecule has 1 fully saturated rings. The number of aliphatic imine (C=N–C) groups is 1. The Bertz CT molecular complexity index is 1750. The molecular formula is C30H35N11O. The smallest absolute Gasteiger partial charge is 0.321 e. The molecule has 0 aliphatic carbocycles. The first-order chi connectivity index (χ1) is 20.4. The van der Waals surface area contributed by atoms with E-state index in [2.05, 4.69) is 65.3 Å². The summed E-state index contributed by atoms with van der Waals surface area (Å²) in [4.78, 5) is 41.1. The van der Waals surface area contributed by atoms with Gasteiger partial charge in [-0.05, 0) is 49.7 Å². The minimum absolute atomic E-state index is 0.0780. The lowest BCUT2D eigenvalue weighted by Crippen LogP contribution is -2.50. The van der Waals surface area contributed by atoms with Gasteiger partial charge in [0, 0.05) is 75.8 Å². The maximum atomic E-state index is 12.9. The van der Waals surface area contributed by atoms with Crippen LogP contribution in [-0.4, -0.2) is 103 Å². The fourth-order valence-corrected chi connectivity index (χ4v) is 5.31. The molecular weight excluding hydrogens is 530 g/mol. The van der Waals surface area contributed by atoms with E-state index in [-0.39, 0.29) is 6.03 Å². The van der Waals surface area contributed by atoms with E-state index in [1.54, 1.807) is 12.4 Å². The van der Waals surface area contributed by atoms with Crippen LogP contribution in [0.3, 0.4) is 0 Å². The predicted molar refractivity (Wildman–Crippen MR) is 165 cm³/mol. The third-order valence-electron chi connectivity index (χ3n) is 7.57. The number of likely N-dealkylation sites (N-methyl/N-ethyl adjacent to an activating group) is 2. The number of carbonyl (C=O) groups excluding carboxylic acids is 1. The quantitative estimate of drug-likeness (QED) is 0.303. The summed E-state index contributed by atoms with van der Waals surface area (Å²) in [5.41, 5.74) is 7.35. The number of pyridine rings is 2. The van der Waals surface area contributed by atoms with Crippen LogP contribution in [0.5, 0.6) is 0 Å². The SMILES string of the molecule is C/C=C\N=C(/CC)c1ccnc2[nH]c(-c3n[nH]c4ncc(C5=CC(NC(=O)N6CCN(C)CC6)=CN(C)C5)cc34)nc12. The van der Waals surface area contributed by atoms with Gasteiger partial charge in [-0.15, -0.1) is 0 Å². The third kappa shape index (κ3) is 5.40. The fourth-order valence-electron chi connectivity index (χ4n) is 5.31. The van der Waals surface area contributed by atoms with Gasteiger partial charge in [0.1, 0.15) is 11.2 Å². The third-order valence-corrected chi connectivity index (χ3v) is 7.57. The van der Waals surface area contributed by atoms with Crippen molar-refractivity contribution in [2.75, 3.05) is 46.8 Å². The number of amides is 2. The average Bonchev–Trinajstić information content (AvgIpc) is 3.61. The lowest BCUT2D eigenvalue weighted by molar-refractivity contribution is 0.156. The number of H-pyrrole nitrogens is 2. The number of urea groups is 1. The van der Waals surface area contributed by atoms with Crippen molar-refractivity contribution in [3.8, 4) is 11.5 Å². The molecule has 0 aromatic carbocycles. The van der Waals surface area contributed by atoms with Gasteiger partial charge in [-0.1, -0.05) is 13.0 Å². The van der Waals surface area contributed by atoms with Crippen LogP contribution in [0.4, 0.5) is 4.79 Å². The van der Waals surface area contributed by atoms with E-state index < -0.39 is 0 Å². The molecule has 0 radical (unpaired) electrons. The molecule has 0 spiro atoms. The summed E-state index contributed by atoms with van der Waals surface area (Å²) in [6, 6.07) is 3.94. The van der Waals surface area contributed by atoms with E-state index in [9.17, 15) is 4.79 Å². The Labute approximate surface area is 243 Å². The highest BCUT2D eigenvalue weighted by atomic mass is 16.2. The van der Waals surface area contributed by atoms with Gasteiger partial charge in [-0.2, -0.15) is 5.10 Å². The number of nitrogens with one attached hydrogen (secondary N) is 3. The standard InChI is InChI=1S/C30H35N11O/c1-5-8-31-24(6-2)22-7-9-32-28-25(22)35-29(36-28)26-23-15-19(16-33-27(23)38-37-26)20-14-21(18-40(4)17-20)34-30(42)41-12-10-39(3)11-13-41/h5,7-9,14-16,18H,6,10-13,17H2,1-4H3,(H,34,42)(H,32,35,36)(H,33,37,38)/b8-5-,31-24+. The molecule has 6 rings (SSSR count). The molecule has 2 aliphatic rings. The van der Waals surface area contributed by atoms with E-state index >= 15 is 0 Å². The summed E-state index contributed by atoms with van der Waals surface area (Å²) < 4.78 is 0. The van der Waals surface area contributed by atoms with Crippen molar-refractivity contribution in [1.82, 2.24) is 50.1 Å². The molecule has 0 saturated carbocycles. The van der Waals surface area contributed by atoms with Crippen molar-refractivity contribution < 1.29 is 4.79 Å². The lowest BCUT2D eigenvalue weighted by atomic mass is 10.0. The molecule has 12 nitrogen and oxygen atoms in total. The van der Waals surface area contributed by atoms with Crippen LogP contribution in [-0.2, 0) is 0 Å². The van der Waals surface area contributed by atoms with Crippen LogP contribution >= 0.6 is 0 Å². The molecule has 2 aliphatic heterocycles. The number of hydrogen-bond donors (Lipinski definition) is 3. The van der Waals surface area contributed by atoms with Crippen LogP contribution in [0.25, 0.3) is 39.3 Å². The molecule has 0 bridgehead atoms. The topological polar surface area (TPSA) is 134 Å². The zero-order chi connectivity index (χ0) is 29.2. The van der Waals surface area contributed by atoms with Gasteiger partial charge in [0.2, 0.25) is 0 Å². The Kier molecular flexibility index (Phi) is 7.53. The normalized spacial score (nSPS) is 16.9. The summed E-state index contributed by atoms with van der Waals surface area (Å²) in [5, 5.41) is 11.5. The van der Waals surface area contributed by atoms with Crippen molar-refractivity contribution in [1.29, 1.82) is 0 Å². The van der Waals surface area contributed by atoms with Gasteiger partial charge in [-0.25, -0.2) is 19.7 Å². The van der Waals surface area contributed by atoms with Crippen LogP contribution in [0.15, 0.2) is 59.8 Å². The fraction of sp³-hybridized carbons (Fsp3) is 0.333. The van der Waals surface area contributed by atoms with Crippen LogP contribution in [0.1, 0.15) is 31.4 Å². The number of aromatic nitrogens is 6. The van der Waals surface area contributed by atoms with E-state index in [4.69, 9.17) is 4.98 Å². The highest BCUT2D eigenvalue weighted by molar-refractivity contribution is 6.09. The molecule has 1 saturated heterocycles. The van der Waals surface area contributed by atoms with Crippen molar-refractivity contribution in [2.45, 2.75) is 20.3 Å². The van der Waals surface area contributed by atoms with Gasteiger partial charge in [0.25, 0.3) is 0 Å². The lowest BCUT2D eigenvalue weighted by Gasteiger charge is -2.33. The number of fused-ring (bicyclic) bond motifs is 2. The first kappa shape index (κ1) is 27.3. The number of carbonyl (C=O) groups is 1. The first-order valence-electron chi connectivity index (χ1n) is 14.2. The van der Waals surface area contributed by atoms with E-state index in [1.165, 1.54) is 0 Å². The molecule has 0 atom stereocenters. The zero-order valence-corrected chi connectivity index (χ0v) is 24.3. The minimum Gasteiger partial charge on any atom is -0.374 e. The van der Waals surface area contributed by atoms with Crippen molar-refractivity contribution in [3.05, 3.63) is 65.9 Å². The maximum absolute atomic E-state index is 12.9. The number of hydrogen-bond acceptors (Lipinski definition) is 8. The number of piperazine rings is 1. The van der Waals surface area contributed by atoms with E-state index in [1.807, 2.05) is 49.5 Å². The van der Waals surface area contributed by atoms with Gasteiger partial charge in [-0.3, -0.25) is 10.1 Å². The zero-order valence-electron chi connectivity index (χ0n) is 24.3. The Balaban J connectivity index is 1.31. The molecule has 42 heavy (non-hydrogen) atoms. The largest absolute Gasteiger partial charge is 0.374 e. The van der Waals surface area contributed by atoms with Gasteiger partial charge >= 0.3 is 6.03 Å². The molecule has 12 heteroatoms. The molecule has 2 amide bonds. The molecule has 4 aromatic heterocycles. The van der Waals surface area contributed by atoms with E-state index in [0.29, 0.717) is 42.4 Å². The molecule has 3 N–H and O–H groups in total. The maximum Gasteiger partial charge on any atom is 0.321 e. The number of nitrogens with zero attached hydrogens (tertiary/aromatic N) is 8. The Morgan fingerprint density at radius 2 is 2.00 bits per heavy atom. The highest BCUT2D eigenvalue weighted by Gasteiger charge is 2.22. The predicted octanol–water partition coefficient (Wildman–Crippen LogP) is 3.76.